The molecule has 0 saturated carbocycles. The quantitative estimate of drug-likeness (QED) is 0.559. The summed E-state index contributed by atoms with van der Waals surface area (Å²) in [5.41, 5.74) is 0.926. The number of hydrogen-bond donors (Lipinski definition) is 1. The van der Waals surface area contributed by atoms with Crippen molar-refractivity contribution in [2.75, 3.05) is 7.11 Å². The largest absolute Gasteiger partial charge is 0.465 e. The van der Waals surface area contributed by atoms with Crippen LogP contribution in [-0.4, -0.2) is 42.6 Å². The number of fused-ring (bicyclic) bond motifs is 1. The molecular weight excluding hydrogens is 336 g/mol. The van der Waals surface area contributed by atoms with Gasteiger partial charge in [-0.25, -0.2) is 4.79 Å². The molecule has 0 fully saturated rings. The first-order chi connectivity index (χ1) is 12.6. The number of rotatable bonds is 3. The van der Waals surface area contributed by atoms with Crippen LogP contribution in [0.4, 0.5) is 0 Å². The monoisotopic (exact) mass is 350 g/mol. The van der Waals surface area contributed by atoms with E-state index < -0.39 is 5.97 Å². The number of pyridine rings is 1. The van der Waals surface area contributed by atoms with Crippen LogP contribution in [0.5, 0.6) is 0 Å². The van der Waals surface area contributed by atoms with Gasteiger partial charge in [0.2, 0.25) is 0 Å². The first-order valence-electron chi connectivity index (χ1n) is 7.76. The van der Waals surface area contributed by atoms with Crippen molar-refractivity contribution in [1.82, 2.24) is 29.5 Å². The summed E-state index contributed by atoms with van der Waals surface area (Å²) in [6, 6.07) is 8.98. The minimum absolute atomic E-state index is 0.152. The molecule has 0 atom stereocenters. The lowest BCUT2D eigenvalue weighted by Gasteiger charge is -2.08. The van der Waals surface area contributed by atoms with Crippen molar-refractivity contribution in [3.05, 3.63) is 64.5 Å². The van der Waals surface area contributed by atoms with Gasteiger partial charge in [-0.05, 0) is 19.1 Å². The van der Waals surface area contributed by atoms with Crippen molar-refractivity contribution in [3.8, 4) is 22.9 Å². The number of carbonyl (C=O) groups excluding carboxylic acids is 1. The predicted octanol–water partition coefficient (Wildman–Crippen LogP) is 1.34. The maximum atomic E-state index is 12.9. The molecule has 26 heavy (non-hydrogen) atoms. The fourth-order valence-corrected chi connectivity index (χ4v) is 2.67. The molecule has 0 amide bonds. The Morgan fingerprint density at radius 3 is 2.62 bits per heavy atom. The Kier molecular flexibility index (Phi) is 3.61. The fraction of sp³-hybridized carbons (Fsp3) is 0.118. The molecule has 130 valence electrons. The van der Waals surface area contributed by atoms with Crippen molar-refractivity contribution >= 4 is 5.97 Å². The van der Waals surface area contributed by atoms with Crippen LogP contribution in [0.2, 0.25) is 0 Å². The third-order valence-electron chi connectivity index (χ3n) is 3.89. The lowest BCUT2D eigenvalue weighted by Crippen LogP contribution is -2.15. The summed E-state index contributed by atoms with van der Waals surface area (Å²) in [5.74, 6) is 0.310. The van der Waals surface area contributed by atoms with E-state index in [1.54, 1.807) is 37.4 Å². The van der Waals surface area contributed by atoms with E-state index in [-0.39, 0.29) is 22.4 Å². The van der Waals surface area contributed by atoms with Gasteiger partial charge >= 0.3 is 5.97 Å². The molecule has 1 aromatic carbocycles. The van der Waals surface area contributed by atoms with Crippen LogP contribution in [0.15, 0.2) is 47.5 Å². The van der Waals surface area contributed by atoms with Crippen molar-refractivity contribution in [3.63, 3.8) is 0 Å². The number of ether oxygens (including phenoxy) is 1. The summed E-state index contributed by atoms with van der Waals surface area (Å²) in [6.45, 7) is 1.75. The van der Waals surface area contributed by atoms with Crippen LogP contribution in [-0.2, 0) is 4.74 Å². The van der Waals surface area contributed by atoms with E-state index in [1.807, 2.05) is 6.07 Å². The molecule has 3 heterocycles. The highest BCUT2D eigenvalue weighted by atomic mass is 16.5. The van der Waals surface area contributed by atoms with E-state index in [4.69, 9.17) is 4.74 Å². The van der Waals surface area contributed by atoms with Crippen molar-refractivity contribution in [2.45, 2.75) is 6.92 Å². The number of aryl methyl sites for hydroxylation is 1. The Bertz CT molecular complexity index is 1130. The van der Waals surface area contributed by atoms with Crippen LogP contribution in [0.3, 0.4) is 0 Å². The third kappa shape index (κ3) is 2.46. The number of para-hydroxylation sites is 1. The predicted molar refractivity (Wildman–Crippen MR) is 91.8 cm³/mol. The van der Waals surface area contributed by atoms with Gasteiger partial charge in [0.15, 0.2) is 0 Å². The van der Waals surface area contributed by atoms with E-state index in [9.17, 15) is 9.59 Å². The zero-order chi connectivity index (χ0) is 18.3. The Hall–Kier alpha value is -3.75. The van der Waals surface area contributed by atoms with Gasteiger partial charge in [0.05, 0.1) is 18.4 Å². The molecule has 1 N–H and O–H groups in total. The number of H-pyrrole nitrogens is 1. The van der Waals surface area contributed by atoms with Crippen LogP contribution >= 0.6 is 0 Å². The maximum absolute atomic E-state index is 12.9. The summed E-state index contributed by atoms with van der Waals surface area (Å²) >= 11 is 0. The second-order valence-corrected chi connectivity index (χ2v) is 5.61. The molecule has 2 aliphatic heterocycles. The van der Waals surface area contributed by atoms with Gasteiger partial charge in [-0.15, -0.1) is 5.10 Å². The number of benzene rings is 1. The van der Waals surface area contributed by atoms with Gasteiger partial charge in [-0.1, -0.05) is 18.2 Å². The lowest BCUT2D eigenvalue weighted by molar-refractivity contribution is 0.0600. The molecule has 0 bridgehead atoms. The molecule has 4 rings (SSSR count). The summed E-state index contributed by atoms with van der Waals surface area (Å²) in [4.78, 5) is 29.3. The second kappa shape index (κ2) is 5.96. The summed E-state index contributed by atoms with van der Waals surface area (Å²) in [5, 5.41) is 11.1. The van der Waals surface area contributed by atoms with Gasteiger partial charge < -0.3 is 4.74 Å². The Balaban J connectivity index is 2.01. The molecule has 9 heteroatoms. The molecule has 2 aromatic rings. The highest BCUT2D eigenvalue weighted by molar-refractivity contribution is 5.96. The summed E-state index contributed by atoms with van der Waals surface area (Å²) in [7, 11) is 1.27. The van der Waals surface area contributed by atoms with E-state index in [1.165, 1.54) is 22.6 Å². The average Bonchev–Trinajstić information content (AvgIpc) is 3.25. The Labute approximate surface area is 147 Å². The number of esters is 1. The topological polar surface area (TPSA) is 108 Å². The smallest absolute Gasteiger partial charge is 0.341 e. The molecule has 0 saturated heterocycles. The normalized spacial score (nSPS) is 11.0. The number of hydrogen-bond acceptors (Lipinski definition) is 6. The minimum atomic E-state index is -0.602. The van der Waals surface area contributed by atoms with Crippen molar-refractivity contribution in [2.24, 2.45) is 0 Å². The molecule has 2 aliphatic rings. The van der Waals surface area contributed by atoms with Gasteiger partial charge in [-0.2, -0.15) is 14.8 Å². The highest BCUT2D eigenvalue weighted by Crippen LogP contribution is 2.24. The first-order valence-corrected chi connectivity index (χ1v) is 7.76. The lowest BCUT2D eigenvalue weighted by atomic mass is 10.1. The molecule has 0 spiro atoms. The molecule has 9 nitrogen and oxygen atoms in total. The van der Waals surface area contributed by atoms with Crippen LogP contribution < -0.4 is 5.56 Å². The zero-order valence-electron chi connectivity index (χ0n) is 14.0. The van der Waals surface area contributed by atoms with E-state index >= 15 is 0 Å². The van der Waals surface area contributed by atoms with E-state index in [0.717, 1.165) is 0 Å². The molecular formula is C17H14N6O3. The average molecular weight is 350 g/mol. The van der Waals surface area contributed by atoms with Crippen molar-refractivity contribution in [1.29, 1.82) is 0 Å². The number of aromatic nitrogens is 6. The summed E-state index contributed by atoms with van der Waals surface area (Å²) in [6.07, 6.45) is 3.05. The van der Waals surface area contributed by atoms with E-state index in [0.29, 0.717) is 17.5 Å². The Morgan fingerprint density at radius 2 is 1.96 bits per heavy atom. The zero-order valence-corrected chi connectivity index (χ0v) is 14.0. The van der Waals surface area contributed by atoms with E-state index in [2.05, 4.69) is 20.3 Å². The maximum Gasteiger partial charge on any atom is 0.341 e. The van der Waals surface area contributed by atoms with Crippen LogP contribution in [0, 0.1) is 6.92 Å². The van der Waals surface area contributed by atoms with Crippen molar-refractivity contribution < 1.29 is 9.53 Å². The second-order valence-electron chi connectivity index (χ2n) is 5.61. The number of aromatic amines is 1. The highest BCUT2D eigenvalue weighted by Gasteiger charge is 2.25. The molecule has 0 unspecified atom stereocenters. The van der Waals surface area contributed by atoms with Gasteiger partial charge in [0.25, 0.3) is 11.5 Å². The Morgan fingerprint density at radius 1 is 1.19 bits per heavy atom. The molecule has 0 aliphatic carbocycles. The SMILES string of the molecule is COC(=O)c1cn(-c2n[nH]c(C)n2)cc2c(=O)n(-c3ccccc3)nc1-2. The van der Waals surface area contributed by atoms with Crippen LogP contribution in [0.1, 0.15) is 16.2 Å². The molecule has 1 aromatic heterocycles. The van der Waals surface area contributed by atoms with Gasteiger partial charge in [0.1, 0.15) is 17.1 Å². The number of nitrogens with one attached hydrogen (secondary N) is 1. The molecule has 0 radical (unpaired) electrons. The fourth-order valence-electron chi connectivity index (χ4n) is 2.67. The number of methoxy groups -OCH3 is 1. The minimum Gasteiger partial charge on any atom is -0.465 e. The third-order valence-corrected chi connectivity index (χ3v) is 3.89. The van der Waals surface area contributed by atoms with Gasteiger partial charge in [-0.3, -0.25) is 14.5 Å². The first kappa shape index (κ1) is 15.8. The number of nitrogens with zero attached hydrogens (tertiary/aromatic N) is 5. The number of carbonyl (C=O) groups is 1. The summed E-state index contributed by atoms with van der Waals surface area (Å²) < 4.78 is 7.59. The standard InChI is InChI=1S/C17H14N6O3/c1-10-18-17(20-19-10)22-8-12-14(13(9-22)16(25)26-2)21-23(15(12)24)11-6-4-3-5-7-11/h3-9H,1-2H3,(H,18,19,20). The van der Waals surface area contributed by atoms with Gasteiger partial charge in [0, 0.05) is 12.4 Å². The van der Waals surface area contributed by atoms with Crippen LogP contribution in [0.25, 0.3) is 22.9 Å².